The standard InChI is InChI=1S/C24H22N2O3/c1-3-7-17(8-4-1)13-19-15-27-23(25-19)21-11-12-22(29-21)24-26-20(16-28-24)14-18-9-5-2-6-10-18/h1-12,19-20H,13-16H2/t19-,20-/m0/s1. The van der Waals surface area contributed by atoms with Crippen LogP contribution in [0.2, 0.25) is 0 Å². The fraction of sp³-hybridized carbons (Fsp3) is 0.250. The van der Waals surface area contributed by atoms with Crippen LogP contribution in [0.1, 0.15) is 22.6 Å². The van der Waals surface area contributed by atoms with Crippen LogP contribution in [-0.4, -0.2) is 37.1 Å². The number of aliphatic imine (C=N–C) groups is 2. The smallest absolute Gasteiger partial charge is 0.253 e. The van der Waals surface area contributed by atoms with Gasteiger partial charge in [-0.05, 0) is 36.1 Å². The van der Waals surface area contributed by atoms with Crippen molar-refractivity contribution in [3.05, 3.63) is 95.4 Å². The second kappa shape index (κ2) is 7.95. The van der Waals surface area contributed by atoms with E-state index >= 15 is 0 Å². The van der Waals surface area contributed by atoms with Gasteiger partial charge in [0.15, 0.2) is 11.5 Å². The van der Waals surface area contributed by atoms with Gasteiger partial charge in [0.2, 0.25) is 0 Å². The van der Waals surface area contributed by atoms with Gasteiger partial charge in [0, 0.05) is 0 Å². The van der Waals surface area contributed by atoms with Crippen molar-refractivity contribution in [1.29, 1.82) is 0 Å². The Morgan fingerprint density at radius 3 is 1.52 bits per heavy atom. The summed E-state index contributed by atoms with van der Waals surface area (Å²) in [5, 5.41) is 0. The summed E-state index contributed by atoms with van der Waals surface area (Å²) >= 11 is 0. The van der Waals surface area contributed by atoms with Crippen molar-refractivity contribution in [2.45, 2.75) is 24.9 Å². The van der Waals surface area contributed by atoms with Crippen LogP contribution < -0.4 is 0 Å². The molecule has 0 saturated carbocycles. The summed E-state index contributed by atoms with van der Waals surface area (Å²) in [5.41, 5.74) is 2.51. The summed E-state index contributed by atoms with van der Waals surface area (Å²) in [6.07, 6.45) is 1.71. The largest absolute Gasteiger partial charge is 0.473 e. The van der Waals surface area contributed by atoms with Crippen molar-refractivity contribution in [2.75, 3.05) is 13.2 Å². The van der Waals surface area contributed by atoms with E-state index < -0.39 is 0 Å². The number of furan rings is 1. The van der Waals surface area contributed by atoms with Crippen molar-refractivity contribution in [1.82, 2.24) is 0 Å². The Morgan fingerprint density at radius 1 is 0.621 bits per heavy atom. The summed E-state index contributed by atoms with van der Waals surface area (Å²) in [7, 11) is 0. The highest BCUT2D eigenvalue weighted by atomic mass is 16.5. The predicted molar refractivity (Wildman–Crippen MR) is 112 cm³/mol. The third-order valence-corrected chi connectivity index (χ3v) is 5.08. The molecule has 0 N–H and O–H groups in total. The van der Waals surface area contributed by atoms with Crippen molar-refractivity contribution >= 4 is 11.8 Å². The number of ether oxygens (including phenoxy) is 2. The Bertz CT molecular complexity index is 943. The van der Waals surface area contributed by atoms with E-state index in [1.54, 1.807) is 0 Å². The van der Waals surface area contributed by atoms with E-state index in [9.17, 15) is 0 Å². The lowest BCUT2D eigenvalue weighted by Gasteiger charge is -2.03. The summed E-state index contributed by atoms with van der Waals surface area (Å²) in [6, 6.07) is 24.6. The third-order valence-electron chi connectivity index (χ3n) is 5.08. The minimum absolute atomic E-state index is 0.108. The van der Waals surface area contributed by atoms with Crippen molar-refractivity contribution in [3.63, 3.8) is 0 Å². The fourth-order valence-electron chi connectivity index (χ4n) is 3.65. The molecular formula is C24H22N2O3. The molecule has 0 bridgehead atoms. The summed E-state index contributed by atoms with van der Waals surface area (Å²) in [6.45, 7) is 1.13. The molecule has 5 nitrogen and oxygen atoms in total. The molecule has 2 aliphatic rings. The molecular weight excluding hydrogens is 364 g/mol. The van der Waals surface area contributed by atoms with Crippen LogP contribution in [0.4, 0.5) is 0 Å². The maximum atomic E-state index is 5.94. The molecule has 29 heavy (non-hydrogen) atoms. The first kappa shape index (κ1) is 17.7. The lowest BCUT2D eigenvalue weighted by Crippen LogP contribution is -2.09. The zero-order chi connectivity index (χ0) is 19.5. The molecule has 0 fully saturated rings. The number of nitrogens with zero attached hydrogens (tertiary/aromatic N) is 2. The van der Waals surface area contributed by atoms with E-state index in [1.165, 1.54) is 11.1 Å². The van der Waals surface area contributed by atoms with Crippen molar-refractivity contribution in [3.8, 4) is 0 Å². The van der Waals surface area contributed by atoms with Gasteiger partial charge in [-0.2, -0.15) is 0 Å². The van der Waals surface area contributed by atoms with Gasteiger partial charge in [0.05, 0.1) is 12.1 Å². The van der Waals surface area contributed by atoms with E-state index in [1.807, 2.05) is 48.5 Å². The second-order valence-corrected chi connectivity index (χ2v) is 7.34. The van der Waals surface area contributed by atoms with Gasteiger partial charge in [-0.25, -0.2) is 9.98 Å². The van der Waals surface area contributed by atoms with Gasteiger partial charge in [-0.3, -0.25) is 0 Å². The van der Waals surface area contributed by atoms with Crippen molar-refractivity contribution < 1.29 is 13.9 Å². The zero-order valence-electron chi connectivity index (χ0n) is 16.0. The Hall–Kier alpha value is -3.34. The molecule has 0 saturated heterocycles. The molecule has 2 aromatic carbocycles. The normalized spacial score (nSPS) is 20.7. The van der Waals surface area contributed by atoms with Crippen LogP contribution in [0.3, 0.4) is 0 Å². The molecule has 0 amide bonds. The summed E-state index contributed by atoms with van der Waals surface area (Å²) < 4.78 is 17.5. The first-order valence-corrected chi connectivity index (χ1v) is 9.93. The molecule has 3 heterocycles. The highest BCUT2D eigenvalue weighted by Crippen LogP contribution is 2.21. The average molecular weight is 386 g/mol. The zero-order valence-corrected chi connectivity index (χ0v) is 16.0. The first-order chi connectivity index (χ1) is 14.3. The van der Waals surface area contributed by atoms with Gasteiger partial charge in [-0.1, -0.05) is 60.7 Å². The van der Waals surface area contributed by atoms with Crippen LogP contribution in [0.5, 0.6) is 0 Å². The van der Waals surface area contributed by atoms with E-state index in [0.717, 1.165) is 12.8 Å². The van der Waals surface area contributed by atoms with Crippen LogP contribution >= 0.6 is 0 Å². The lowest BCUT2D eigenvalue weighted by atomic mass is 10.1. The highest BCUT2D eigenvalue weighted by molar-refractivity contribution is 5.96. The van der Waals surface area contributed by atoms with Crippen LogP contribution in [0.25, 0.3) is 0 Å². The number of rotatable bonds is 6. The van der Waals surface area contributed by atoms with Gasteiger partial charge in [0.1, 0.15) is 13.2 Å². The molecule has 0 unspecified atom stereocenters. The van der Waals surface area contributed by atoms with E-state index in [-0.39, 0.29) is 12.1 Å². The van der Waals surface area contributed by atoms with Crippen molar-refractivity contribution in [2.24, 2.45) is 9.98 Å². The van der Waals surface area contributed by atoms with Gasteiger partial charge < -0.3 is 13.9 Å². The number of hydrogen-bond acceptors (Lipinski definition) is 5. The topological polar surface area (TPSA) is 56.3 Å². The molecule has 3 aromatic rings. The maximum absolute atomic E-state index is 5.94. The van der Waals surface area contributed by atoms with Crippen LogP contribution in [0.15, 0.2) is 87.2 Å². The molecule has 146 valence electrons. The van der Waals surface area contributed by atoms with Gasteiger partial charge >= 0.3 is 0 Å². The van der Waals surface area contributed by atoms with Crippen LogP contribution in [-0.2, 0) is 22.3 Å². The molecule has 2 aliphatic heterocycles. The predicted octanol–water partition coefficient (Wildman–Crippen LogP) is 4.06. The molecule has 0 radical (unpaired) electrons. The maximum Gasteiger partial charge on any atom is 0.253 e. The monoisotopic (exact) mass is 386 g/mol. The molecule has 2 atom stereocenters. The fourth-order valence-corrected chi connectivity index (χ4v) is 3.65. The molecule has 5 rings (SSSR count). The minimum atomic E-state index is 0.108. The van der Waals surface area contributed by atoms with E-state index in [2.05, 4.69) is 34.3 Å². The van der Waals surface area contributed by atoms with Gasteiger partial charge in [0.25, 0.3) is 11.8 Å². The minimum Gasteiger partial charge on any atom is -0.473 e. The quantitative estimate of drug-likeness (QED) is 0.642. The van der Waals surface area contributed by atoms with E-state index in [4.69, 9.17) is 13.9 Å². The Labute approximate surface area is 169 Å². The second-order valence-electron chi connectivity index (χ2n) is 7.34. The molecule has 5 heteroatoms. The van der Waals surface area contributed by atoms with E-state index in [0.29, 0.717) is 36.5 Å². The summed E-state index contributed by atoms with van der Waals surface area (Å²) in [4.78, 5) is 9.37. The SMILES string of the molecule is c1ccc(C[C@H]2COC(c3ccc(C4=N[C@@H](Cc5ccccc5)CO4)o3)=N2)cc1. The Morgan fingerprint density at radius 2 is 1.07 bits per heavy atom. The van der Waals surface area contributed by atoms with Gasteiger partial charge in [-0.15, -0.1) is 0 Å². The lowest BCUT2D eigenvalue weighted by molar-refractivity contribution is 0.303. The highest BCUT2D eigenvalue weighted by Gasteiger charge is 2.26. The number of benzene rings is 2. The molecule has 1 aromatic heterocycles. The summed E-state index contributed by atoms with van der Waals surface area (Å²) in [5.74, 6) is 2.34. The molecule has 0 aliphatic carbocycles. The Kier molecular flexibility index (Phi) is 4.87. The average Bonchev–Trinajstić information content (AvgIpc) is 3.50. The number of hydrogen-bond donors (Lipinski definition) is 0. The van der Waals surface area contributed by atoms with Crippen LogP contribution in [0, 0.1) is 0 Å². The Balaban J connectivity index is 1.25. The third kappa shape index (κ3) is 4.09. The first-order valence-electron chi connectivity index (χ1n) is 9.93. The molecule has 0 spiro atoms.